The molecule has 4 nitrogen and oxygen atoms in total. The van der Waals surface area contributed by atoms with Gasteiger partial charge in [-0.25, -0.2) is 8.42 Å². The summed E-state index contributed by atoms with van der Waals surface area (Å²) < 4.78 is 22.2. The first-order valence-electron chi connectivity index (χ1n) is 3.84. The highest BCUT2D eigenvalue weighted by Crippen LogP contribution is 2.23. The lowest BCUT2D eigenvalue weighted by Gasteiger charge is -2.02. The quantitative estimate of drug-likeness (QED) is 0.787. The first-order valence-corrected chi connectivity index (χ1v) is 5.73. The Morgan fingerprint density at radius 3 is 2.57 bits per heavy atom. The molecule has 14 heavy (non-hydrogen) atoms. The molecule has 0 aliphatic heterocycles. The molecule has 0 aliphatic carbocycles. The molecular weight excluding hydrogens is 202 g/mol. The highest BCUT2D eigenvalue weighted by molar-refractivity contribution is 7.90. The minimum Gasteiger partial charge on any atom is -0.507 e. The van der Waals surface area contributed by atoms with Gasteiger partial charge in [0.25, 0.3) is 0 Å². The summed E-state index contributed by atoms with van der Waals surface area (Å²) in [5.41, 5.74) is 0.595. The van der Waals surface area contributed by atoms with Crippen LogP contribution in [0, 0.1) is 11.3 Å². The molecule has 1 N–H and O–H groups in total. The maximum Gasteiger partial charge on any atom is 0.179 e. The van der Waals surface area contributed by atoms with Gasteiger partial charge in [0.2, 0.25) is 0 Å². The third kappa shape index (κ3) is 2.24. The van der Waals surface area contributed by atoms with Crippen molar-refractivity contribution in [3.63, 3.8) is 0 Å². The van der Waals surface area contributed by atoms with Crippen molar-refractivity contribution in [1.82, 2.24) is 0 Å². The number of aromatic hydroxyl groups is 1. The molecule has 0 saturated carbocycles. The number of nitrogens with zero attached hydrogens (tertiary/aromatic N) is 1. The number of benzene rings is 1. The van der Waals surface area contributed by atoms with E-state index in [2.05, 4.69) is 0 Å². The SMILES string of the molecule is CS(=O)(=O)c1ccc(CC#N)cc1O. The number of nitriles is 1. The van der Waals surface area contributed by atoms with E-state index in [0.717, 1.165) is 6.26 Å². The zero-order valence-electron chi connectivity index (χ0n) is 7.56. The second kappa shape index (κ2) is 3.68. The third-order valence-electron chi connectivity index (χ3n) is 1.71. The Kier molecular flexibility index (Phi) is 2.77. The highest BCUT2D eigenvalue weighted by atomic mass is 32.2. The minimum absolute atomic E-state index is 0.112. The molecule has 0 unspecified atom stereocenters. The van der Waals surface area contributed by atoms with Crippen molar-refractivity contribution < 1.29 is 13.5 Å². The van der Waals surface area contributed by atoms with Crippen molar-refractivity contribution in [2.45, 2.75) is 11.3 Å². The van der Waals surface area contributed by atoms with Gasteiger partial charge in [-0.3, -0.25) is 0 Å². The van der Waals surface area contributed by atoms with Crippen LogP contribution < -0.4 is 0 Å². The summed E-state index contributed by atoms with van der Waals surface area (Å²) in [6.45, 7) is 0. The summed E-state index contributed by atoms with van der Waals surface area (Å²) in [6, 6.07) is 6.02. The van der Waals surface area contributed by atoms with Crippen LogP contribution >= 0.6 is 0 Å². The van der Waals surface area contributed by atoms with E-state index in [1.807, 2.05) is 6.07 Å². The molecule has 5 heteroatoms. The van der Waals surface area contributed by atoms with Gasteiger partial charge in [-0.15, -0.1) is 0 Å². The van der Waals surface area contributed by atoms with Crippen LogP contribution in [0.4, 0.5) is 0 Å². The van der Waals surface area contributed by atoms with Gasteiger partial charge in [-0.1, -0.05) is 6.07 Å². The standard InChI is InChI=1S/C9H9NO3S/c1-14(12,13)9-3-2-7(4-5-10)6-8(9)11/h2-3,6,11H,4H2,1H3. The zero-order valence-corrected chi connectivity index (χ0v) is 8.37. The van der Waals surface area contributed by atoms with E-state index >= 15 is 0 Å². The number of rotatable bonds is 2. The first kappa shape index (κ1) is 10.5. The molecule has 0 saturated heterocycles. The molecule has 0 bridgehead atoms. The molecule has 0 heterocycles. The Bertz CT molecular complexity index is 485. The summed E-state index contributed by atoms with van der Waals surface area (Å²) in [4.78, 5) is -0.112. The van der Waals surface area contributed by atoms with Crippen LogP contribution in [-0.4, -0.2) is 19.8 Å². The Morgan fingerprint density at radius 2 is 2.14 bits per heavy atom. The topological polar surface area (TPSA) is 78.2 Å². The molecule has 1 aromatic carbocycles. The van der Waals surface area contributed by atoms with Crippen LogP contribution in [0.2, 0.25) is 0 Å². The van der Waals surface area contributed by atoms with E-state index in [1.54, 1.807) is 0 Å². The Hall–Kier alpha value is -1.54. The predicted molar refractivity (Wildman–Crippen MR) is 50.5 cm³/mol. The van der Waals surface area contributed by atoms with Gasteiger partial charge in [0.05, 0.1) is 12.5 Å². The smallest absolute Gasteiger partial charge is 0.179 e. The molecule has 0 radical (unpaired) electrons. The summed E-state index contributed by atoms with van der Waals surface area (Å²) in [5.74, 6) is -0.305. The molecule has 74 valence electrons. The zero-order chi connectivity index (χ0) is 10.8. The minimum atomic E-state index is -3.40. The number of phenolic OH excluding ortho intramolecular Hbond substituents is 1. The van der Waals surface area contributed by atoms with Crippen LogP contribution in [0.25, 0.3) is 0 Å². The highest BCUT2D eigenvalue weighted by Gasteiger charge is 2.12. The van der Waals surface area contributed by atoms with Crippen LogP contribution in [0.15, 0.2) is 23.1 Å². The summed E-state index contributed by atoms with van der Waals surface area (Å²) in [7, 11) is -3.40. The van der Waals surface area contributed by atoms with Crippen molar-refractivity contribution in [1.29, 1.82) is 5.26 Å². The van der Waals surface area contributed by atoms with Gasteiger partial charge in [0, 0.05) is 6.26 Å². The average molecular weight is 211 g/mol. The van der Waals surface area contributed by atoms with Gasteiger partial charge >= 0.3 is 0 Å². The fraction of sp³-hybridized carbons (Fsp3) is 0.222. The lowest BCUT2D eigenvalue weighted by atomic mass is 10.1. The molecule has 1 aromatic rings. The maximum atomic E-state index is 11.1. The second-order valence-electron chi connectivity index (χ2n) is 2.91. The molecule has 0 aliphatic rings. The summed E-state index contributed by atoms with van der Waals surface area (Å²) in [5, 5.41) is 17.8. The summed E-state index contributed by atoms with van der Waals surface area (Å²) in [6.07, 6.45) is 1.17. The Morgan fingerprint density at radius 1 is 1.50 bits per heavy atom. The summed E-state index contributed by atoms with van der Waals surface area (Å²) >= 11 is 0. The lowest BCUT2D eigenvalue weighted by Crippen LogP contribution is -1.97. The van der Waals surface area contributed by atoms with Crippen molar-refractivity contribution >= 4 is 9.84 Å². The largest absolute Gasteiger partial charge is 0.507 e. The van der Waals surface area contributed by atoms with Crippen molar-refractivity contribution in [2.75, 3.05) is 6.26 Å². The molecule has 0 amide bonds. The van der Waals surface area contributed by atoms with E-state index in [4.69, 9.17) is 5.26 Å². The monoisotopic (exact) mass is 211 g/mol. The molecule has 0 atom stereocenters. The van der Waals surface area contributed by atoms with Gasteiger partial charge in [-0.05, 0) is 17.7 Å². The fourth-order valence-corrected chi connectivity index (χ4v) is 1.83. The molecule has 0 fully saturated rings. The number of hydrogen-bond acceptors (Lipinski definition) is 4. The van der Waals surface area contributed by atoms with Gasteiger partial charge < -0.3 is 5.11 Å². The van der Waals surface area contributed by atoms with Crippen LogP contribution in [0.5, 0.6) is 5.75 Å². The Balaban J connectivity index is 3.23. The predicted octanol–water partition coefficient (Wildman–Crippen LogP) is 0.862. The first-order chi connectivity index (χ1) is 6.45. The molecular formula is C9H9NO3S. The van der Waals surface area contributed by atoms with Gasteiger partial charge in [0.15, 0.2) is 9.84 Å². The normalized spacial score (nSPS) is 10.9. The Labute approximate surface area is 82.3 Å². The maximum absolute atomic E-state index is 11.1. The van der Waals surface area contributed by atoms with Crippen LogP contribution in [0.1, 0.15) is 5.56 Å². The van der Waals surface area contributed by atoms with Crippen molar-refractivity contribution in [3.8, 4) is 11.8 Å². The van der Waals surface area contributed by atoms with E-state index < -0.39 is 9.84 Å². The van der Waals surface area contributed by atoms with E-state index in [9.17, 15) is 13.5 Å². The number of phenols is 1. The lowest BCUT2D eigenvalue weighted by molar-refractivity contribution is 0.458. The number of hydrogen-bond donors (Lipinski definition) is 1. The molecule has 0 spiro atoms. The van der Waals surface area contributed by atoms with E-state index in [-0.39, 0.29) is 17.1 Å². The second-order valence-corrected chi connectivity index (χ2v) is 4.89. The molecule has 1 rings (SSSR count). The van der Waals surface area contributed by atoms with Crippen molar-refractivity contribution in [3.05, 3.63) is 23.8 Å². The average Bonchev–Trinajstić information content (AvgIpc) is 2.02. The van der Waals surface area contributed by atoms with Crippen LogP contribution in [-0.2, 0) is 16.3 Å². The van der Waals surface area contributed by atoms with Crippen molar-refractivity contribution in [2.24, 2.45) is 0 Å². The van der Waals surface area contributed by atoms with E-state index in [0.29, 0.717) is 5.56 Å². The third-order valence-corrected chi connectivity index (χ3v) is 2.85. The number of sulfone groups is 1. The van der Waals surface area contributed by atoms with E-state index in [1.165, 1.54) is 18.2 Å². The van der Waals surface area contributed by atoms with Gasteiger partial charge in [0.1, 0.15) is 10.6 Å². The van der Waals surface area contributed by atoms with Crippen LogP contribution in [0.3, 0.4) is 0 Å². The molecule has 0 aromatic heterocycles. The van der Waals surface area contributed by atoms with Gasteiger partial charge in [-0.2, -0.15) is 5.26 Å². The fourth-order valence-electron chi connectivity index (χ4n) is 1.08.